The van der Waals surface area contributed by atoms with E-state index in [2.05, 4.69) is 27.6 Å². The number of hydrogen-bond donors (Lipinski definition) is 4. The van der Waals surface area contributed by atoms with Crippen LogP contribution < -0.4 is 27.8 Å². The lowest BCUT2D eigenvalue weighted by atomic mass is 9.87. The van der Waals surface area contributed by atoms with Crippen molar-refractivity contribution in [1.29, 1.82) is 0 Å². The van der Waals surface area contributed by atoms with Crippen molar-refractivity contribution in [3.63, 3.8) is 0 Å². The van der Waals surface area contributed by atoms with Gasteiger partial charge in [-0.05, 0) is 50.1 Å². The lowest BCUT2D eigenvalue weighted by Crippen LogP contribution is -2.48. The van der Waals surface area contributed by atoms with Crippen LogP contribution in [-0.2, 0) is 6.54 Å². The topological polar surface area (TPSA) is 135 Å². The van der Waals surface area contributed by atoms with Gasteiger partial charge in [-0.15, -0.1) is 0 Å². The van der Waals surface area contributed by atoms with Gasteiger partial charge in [-0.3, -0.25) is 14.8 Å². The molecule has 0 unspecified atom stereocenters. The minimum atomic E-state index is -0.442. The SMILES string of the molecule is CN(Cc1ccc(-n2ccc(NC(=O)N3CCNCC3)nc2=O)cc1)[C@@H]1C[C@H](N)C[C@H](N)C1. The zero-order valence-corrected chi connectivity index (χ0v) is 19.1. The zero-order valence-electron chi connectivity index (χ0n) is 19.1. The third kappa shape index (κ3) is 5.97. The molecule has 0 spiro atoms. The Morgan fingerprint density at radius 3 is 2.42 bits per heavy atom. The Morgan fingerprint density at radius 1 is 1.12 bits per heavy atom. The molecule has 2 fully saturated rings. The molecule has 33 heavy (non-hydrogen) atoms. The average Bonchev–Trinajstić information content (AvgIpc) is 2.80. The third-order valence-corrected chi connectivity index (χ3v) is 6.47. The summed E-state index contributed by atoms with van der Waals surface area (Å²) in [6.45, 7) is 3.57. The molecular formula is C23H34N8O2. The highest BCUT2D eigenvalue weighted by Crippen LogP contribution is 2.22. The van der Waals surface area contributed by atoms with Crippen LogP contribution in [0.15, 0.2) is 41.3 Å². The molecule has 3 atom stereocenters. The van der Waals surface area contributed by atoms with Gasteiger partial charge in [0, 0.05) is 57.0 Å². The average molecular weight is 455 g/mol. The first-order valence-corrected chi connectivity index (χ1v) is 11.6. The van der Waals surface area contributed by atoms with Crippen LogP contribution in [0.5, 0.6) is 0 Å². The molecule has 1 saturated heterocycles. The normalized spacial score (nSPS) is 23.5. The van der Waals surface area contributed by atoms with E-state index in [1.165, 1.54) is 4.57 Å². The van der Waals surface area contributed by atoms with Gasteiger partial charge in [0.15, 0.2) is 0 Å². The summed E-state index contributed by atoms with van der Waals surface area (Å²) in [6.07, 6.45) is 4.44. The molecule has 0 radical (unpaired) electrons. The molecule has 4 rings (SSSR count). The zero-order chi connectivity index (χ0) is 23.4. The molecule has 0 bridgehead atoms. The Morgan fingerprint density at radius 2 is 1.79 bits per heavy atom. The van der Waals surface area contributed by atoms with Crippen molar-refractivity contribution in [1.82, 2.24) is 24.7 Å². The second-order valence-corrected chi connectivity index (χ2v) is 9.10. The van der Waals surface area contributed by atoms with Crippen LogP contribution in [-0.4, -0.2) is 76.7 Å². The van der Waals surface area contributed by atoms with E-state index in [9.17, 15) is 9.59 Å². The minimum absolute atomic E-state index is 0.160. The van der Waals surface area contributed by atoms with Gasteiger partial charge in [0.1, 0.15) is 5.82 Å². The molecule has 1 saturated carbocycles. The highest BCUT2D eigenvalue weighted by Gasteiger charge is 2.27. The molecule has 6 N–H and O–H groups in total. The minimum Gasteiger partial charge on any atom is -0.328 e. The molecule has 2 aliphatic rings. The molecule has 1 aromatic heterocycles. The maximum absolute atomic E-state index is 12.6. The molecule has 1 aromatic carbocycles. The van der Waals surface area contributed by atoms with E-state index < -0.39 is 5.69 Å². The second kappa shape index (κ2) is 10.4. The van der Waals surface area contributed by atoms with Crippen LogP contribution in [0, 0.1) is 0 Å². The van der Waals surface area contributed by atoms with E-state index >= 15 is 0 Å². The van der Waals surface area contributed by atoms with E-state index in [4.69, 9.17) is 11.5 Å². The van der Waals surface area contributed by atoms with Crippen LogP contribution in [0.25, 0.3) is 5.69 Å². The van der Waals surface area contributed by atoms with Gasteiger partial charge in [-0.2, -0.15) is 4.98 Å². The molecule has 178 valence electrons. The Labute approximate surface area is 193 Å². The summed E-state index contributed by atoms with van der Waals surface area (Å²) in [5.74, 6) is 0.252. The standard InChI is InChI=1S/C23H34N8O2/c1-29(20-13-17(24)12-18(25)14-20)15-16-2-4-19(5-3-16)31-9-6-21(28-23(31)33)27-22(32)30-10-7-26-8-11-30/h2-6,9,17-18,20,26H,7-8,10-15,24-25H2,1H3,(H,27,28,32,33)/t17-,18+,20-. The third-order valence-electron chi connectivity index (χ3n) is 6.47. The fourth-order valence-electron chi connectivity index (χ4n) is 4.64. The predicted octanol–water partition coefficient (Wildman–Crippen LogP) is 0.309. The molecule has 2 heterocycles. The van der Waals surface area contributed by atoms with Gasteiger partial charge < -0.3 is 21.7 Å². The Bertz CT molecular complexity index is 992. The number of nitrogens with two attached hydrogens (primary N) is 2. The first-order valence-electron chi connectivity index (χ1n) is 11.6. The van der Waals surface area contributed by atoms with Crippen molar-refractivity contribution >= 4 is 11.8 Å². The summed E-state index contributed by atoms with van der Waals surface area (Å²) in [7, 11) is 2.10. The number of anilines is 1. The maximum Gasteiger partial charge on any atom is 0.354 e. The predicted molar refractivity (Wildman–Crippen MR) is 128 cm³/mol. The number of urea groups is 1. The molecule has 2 amide bonds. The highest BCUT2D eigenvalue weighted by atomic mass is 16.2. The lowest BCUT2D eigenvalue weighted by molar-refractivity contribution is 0.162. The summed E-state index contributed by atoms with van der Waals surface area (Å²) in [5.41, 5.74) is 13.7. The van der Waals surface area contributed by atoms with Crippen LogP contribution in [0.4, 0.5) is 10.6 Å². The fourth-order valence-corrected chi connectivity index (χ4v) is 4.64. The van der Waals surface area contributed by atoms with Crippen molar-refractivity contribution in [2.24, 2.45) is 11.5 Å². The quantitative estimate of drug-likeness (QED) is 0.511. The summed E-state index contributed by atoms with van der Waals surface area (Å²) < 4.78 is 1.47. The molecule has 1 aliphatic heterocycles. The van der Waals surface area contributed by atoms with Gasteiger partial charge in [0.25, 0.3) is 0 Å². The number of rotatable bonds is 5. The molecule has 10 nitrogen and oxygen atoms in total. The summed E-state index contributed by atoms with van der Waals surface area (Å²) in [4.78, 5) is 32.9. The monoisotopic (exact) mass is 454 g/mol. The van der Waals surface area contributed by atoms with Gasteiger partial charge in [0.05, 0.1) is 5.69 Å². The Balaban J connectivity index is 1.38. The number of carbonyl (C=O) groups excluding carboxylic acids is 1. The first kappa shape index (κ1) is 23.4. The van der Waals surface area contributed by atoms with Gasteiger partial charge >= 0.3 is 11.7 Å². The first-order chi connectivity index (χ1) is 15.9. The van der Waals surface area contributed by atoms with Crippen LogP contribution in [0.2, 0.25) is 0 Å². The number of benzene rings is 1. The summed E-state index contributed by atoms with van der Waals surface area (Å²) >= 11 is 0. The summed E-state index contributed by atoms with van der Waals surface area (Å²) in [6, 6.07) is 9.93. The molecule has 1 aliphatic carbocycles. The smallest absolute Gasteiger partial charge is 0.328 e. The maximum atomic E-state index is 12.6. The van der Waals surface area contributed by atoms with E-state index in [1.54, 1.807) is 17.2 Å². The number of piperazine rings is 1. The lowest BCUT2D eigenvalue weighted by Gasteiger charge is -2.37. The molecular weight excluding hydrogens is 420 g/mol. The summed E-state index contributed by atoms with van der Waals surface area (Å²) in [5, 5.41) is 5.91. The van der Waals surface area contributed by atoms with Crippen molar-refractivity contribution < 1.29 is 4.79 Å². The van der Waals surface area contributed by atoms with Gasteiger partial charge in [0.2, 0.25) is 0 Å². The van der Waals surface area contributed by atoms with Gasteiger partial charge in [-0.1, -0.05) is 12.1 Å². The van der Waals surface area contributed by atoms with Crippen molar-refractivity contribution in [3.05, 3.63) is 52.6 Å². The van der Waals surface area contributed by atoms with Crippen LogP contribution in [0.1, 0.15) is 24.8 Å². The van der Waals surface area contributed by atoms with Gasteiger partial charge in [-0.25, -0.2) is 9.59 Å². The van der Waals surface area contributed by atoms with Crippen LogP contribution >= 0.6 is 0 Å². The second-order valence-electron chi connectivity index (χ2n) is 9.10. The largest absolute Gasteiger partial charge is 0.354 e. The number of nitrogens with one attached hydrogen (secondary N) is 2. The van der Waals surface area contributed by atoms with E-state index in [0.717, 1.165) is 50.1 Å². The molecule has 2 aromatic rings. The number of nitrogens with zero attached hydrogens (tertiary/aromatic N) is 4. The number of hydrogen-bond acceptors (Lipinski definition) is 7. The Kier molecular flexibility index (Phi) is 7.39. The van der Waals surface area contributed by atoms with Crippen molar-refractivity contribution in [2.45, 2.75) is 43.9 Å². The van der Waals surface area contributed by atoms with E-state index in [-0.39, 0.29) is 23.9 Å². The fraction of sp³-hybridized carbons (Fsp3) is 0.522. The Hall–Kier alpha value is -2.79. The molecule has 10 heteroatoms. The van der Waals surface area contributed by atoms with Crippen molar-refractivity contribution in [2.75, 3.05) is 38.5 Å². The van der Waals surface area contributed by atoms with Crippen molar-refractivity contribution in [3.8, 4) is 5.69 Å². The van der Waals surface area contributed by atoms with E-state index in [0.29, 0.717) is 19.1 Å². The number of aromatic nitrogens is 2. The highest BCUT2D eigenvalue weighted by molar-refractivity contribution is 5.88. The number of carbonyl (C=O) groups is 1. The van der Waals surface area contributed by atoms with Crippen LogP contribution in [0.3, 0.4) is 0 Å². The number of amides is 2. The van der Waals surface area contributed by atoms with E-state index in [1.807, 2.05) is 24.3 Å².